The second kappa shape index (κ2) is 8.62. The molecule has 0 N–H and O–H groups in total. The van der Waals surface area contributed by atoms with Crippen LogP contribution in [-0.2, 0) is 19.9 Å². The number of imidazole rings is 1. The number of ketones is 2. The third-order valence-electron chi connectivity index (χ3n) is 5.35. The summed E-state index contributed by atoms with van der Waals surface area (Å²) in [6.07, 6.45) is 8.72. The molecule has 0 aliphatic carbocycles. The zero-order chi connectivity index (χ0) is 22.8. The van der Waals surface area contributed by atoms with E-state index in [1.54, 1.807) is 13.1 Å². The van der Waals surface area contributed by atoms with Gasteiger partial charge in [-0.3, -0.25) is 18.7 Å². The molecule has 0 radical (unpaired) electrons. The lowest BCUT2D eigenvalue weighted by atomic mass is 10.0. The number of aryl methyl sites for hydroxylation is 2. The van der Waals surface area contributed by atoms with Crippen molar-refractivity contribution in [2.24, 2.45) is 7.05 Å². The minimum Gasteiger partial charge on any atom is -0.449 e. The van der Waals surface area contributed by atoms with Crippen molar-refractivity contribution in [3.63, 3.8) is 0 Å². The van der Waals surface area contributed by atoms with Gasteiger partial charge in [-0.15, -0.1) is 0 Å². The average molecular weight is 440 g/mol. The number of Topliss-reactive ketones (excluding diaryl/α,β-unsaturated/α-hetero) is 2. The summed E-state index contributed by atoms with van der Waals surface area (Å²) in [5.74, 6) is 0.563. The summed E-state index contributed by atoms with van der Waals surface area (Å²) >= 11 is 0. The third kappa shape index (κ3) is 4.20. The lowest BCUT2D eigenvalue weighted by Gasteiger charge is -2.05. The predicted molar refractivity (Wildman–Crippen MR) is 119 cm³/mol. The van der Waals surface area contributed by atoms with Gasteiger partial charge in [0.05, 0.1) is 35.8 Å². The van der Waals surface area contributed by atoms with Gasteiger partial charge >= 0.3 is 0 Å². The highest BCUT2D eigenvalue weighted by Crippen LogP contribution is 2.19. The maximum absolute atomic E-state index is 13.1. The van der Waals surface area contributed by atoms with E-state index in [0.29, 0.717) is 29.3 Å². The van der Waals surface area contributed by atoms with Gasteiger partial charge in [0, 0.05) is 37.8 Å². The van der Waals surface area contributed by atoms with Crippen molar-refractivity contribution >= 4 is 17.3 Å². The van der Waals surface area contributed by atoms with Gasteiger partial charge in [0.25, 0.3) is 0 Å². The quantitative estimate of drug-likeness (QED) is 0.340. The minimum atomic E-state index is -0.235. The van der Waals surface area contributed by atoms with Crippen LogP contribution in [0.25, 0.3) is 17.0 Å². The van der Waals surface area contributed by atoms with Gasteiger partial charge in [-0.1, -0.05) is 30.3 Å². The van der Waals surface area contributed by atoms with Crippen LogP contribution >= 0.6 is 0 Å². The zero-order valence-corrected chi connectivity index (χ0v) is 17.9. The molecule has 0 aliphatic rings. The van der Waals surface area contributed by atoms with Crippen LogP contribution in [0, 0.1) is 0 Å². The molecule has 5 rings (SSSR count). The molecule has 0 saturated heterocycles. The first-order valence-electron chi connectivity index (χ1n) is 10.5. The summed E-state index contributed by atoms with van der Waals surface area (Å²) in [6, 6.07) is 11.6. The van der Waals surface area contributed by atoms with Crippen molar-refractivity contribution in [3.8, 4) is 11.3 Å². The van der Waals surface area contributed by atoms with Gasteiger partial charge in [0.15, 0.2) is 17.5 Å². The molecular weight excluding hydrogens is 420 g/mol. The molecule has 0 unspecified atom stereocenters. The fraction of sp³-hybridized carbons (Fsp3) is 0.167. The Balaban J connectivity index is 1.35. The molecule has 0 bridgehead atoms. The lowest BCUT2D eigenvalue weighted by molar-refractivity contribution is 0.0948. The van der Waals surface area contributed by atoms with E-state index in [0.717, 1.165) is 11.3 Å². The Bertz CT molecular complexity index is 1430. The molecule has 4 aromatic heterocycles. The number of fused-ring (bicyclic) bond motifs is 1. The molecule has 5 aromatic rings. The van der Waals surface area contributed by atoms with E-state index >= 15 is 0 Å². The summed E-state index contributed by atoms with van der Waals surface area (Å²) < 4.78 is 8.43. The summed E-state index contributed by atoms with van der Waals surface area (Å²) in [7, 11) is 1.65. The first-order valence-corrected chi connectivity index (χ1v) is 10.5. The average Bonchev–Trinajstić information content (AvgIpc) is 3.57. The second-order valence-corrected chi connectivity index (χ2v) is 7.60. The summed E-state index contributed by atoms with van der Waals surface area (Å²) in [6.45, 7) is 0. The van der Waals surface area contributed by atoms with Crippen LogP contribution < -0.4 is 0 Å². The van der Waals surface area contributed by atoms with E-state index in [2.05, 4.69) is 20.1 Å². The number of carbonyl (C=O) groups excluding carboxylic acids is 2. The smallest absolute Gasteiger partial charge is 0.234 e. The van der Waals surface area contributed by atoms with Gasteiger partial charge in [-0.05, 0) is 6.07 Å². The Labute approximate surface area is 188 Å². The van der Waals surface area contributed by atoms with Crippen LogP contribution in [0.15, 0.2) is 71.9 Å². The monoisotopic (exact) mass is 440 g/mol. The van der Waals surface area contributed by atoms with Crippen LogP contribution in [0.3, 0.4) is 0 Å². The third-order valence-corrected chi connectivity index (χ3v) is 5.35. The maximum Gasteiger partial charge on any atom is 0.234 e. The molecule has 33 heavy (non-hydrogen) atoms. The van der Waals surface area contributed by atoms with Crippen molar-refractivity contribution in [2.45, 2.75) is 19.3 Å². The minimum absolute atomic E-state index is 0.0313. The molecule has 4 heterocycles. The highest BCUT2D eigenvalue weighted by atomic mass is 16.3. The molecule has 0 atom stereocenters. The van der Waals surface area contributed by atoms with Crippen molar-refractivity contribution in [1.29, 1.82) is 0 Å². The van der Waals surface area contributed by atoms with Crippen LogP contribution in [0.1, 0.15) is 38.9 Å². The fourth-order valence-electron chi connectivity index (χ4n) is 3.71. The molecule has 9 heteroatoms. The van der Waals surface area contributed by atoms with E-state index < -0.39 is 0 Å². The summed E-state index contributed by atoms with van der Waals surface area (Å²) in [5, 5.41) is 4.13. The second-order valence-electron chi connectivity index (χ2n) is 7.60. The van der Waals surface area contributed by atoms with Crippen LogP contribution in [0.2, 0.25) is 0 Å². The maximum atomic E-state index is 13.1. The first-order chi connectivity index (χ1) is 16.1. The van der Waals surface area contributed by atoms with Crippen LogP contribution in [0.5, 0.6) is 0 Å². The van der Waals surface area contributed by atoms with Crippen molar-refractivity contribution < 1.29 is 14.0 Å². The van der Waals surface area contributed by atoms with E-state index in [-0.39, 0.29) is 30.1 Å². The number of rotatable bonds is 8. The summed E-state index contributed by atoms with van der Waals surface area (Å²) in [4.78, 5) is 39.0. The Morgan fingerprint density at radius 2 is 1.91 bits per heavy atom. The van der Waals surface area contributed by atoms with Gasteiger partial charge in [0.2, 0.25) is 5.78 Å². The van der Waals surface area contributed by atoms with Gasteiger partial charge < -0.3 is 4.42 Å². The molecule has 0 aliphatic heterocycles. The van der Waals surface area contributed by atoms with Gasteiger partial charge in [0.1, 0.15) is 12.0 Å². The van der Waals surface area contributed by atoms with Crippen molar-refractivity contribution in [2.75, 3.05) is 0 Å². The number of hydrogen-bond donors (Lipinski definition) is 0. The number of carbonyl (C=O) groups is 2. The van der Waals surface area contributed by atoms with Crippen molar-refractivity contribution in [3.05, 3.63) is 90.3 Å². The molecule has 9 nitrogen and oxygen atoms in total. The van der Waals surface area contributed by atoms with E-state index in [4.69, 9.17) is 4.42 Å². The Hall–Kier alpha value is -4.40. The molecule has 0 amide bonds. The Morgan fingerprint density at radius 1 is 1.06 bits per heavy atom. The molecule has 0 spiro atoms. The van der Waals surface area contributed by atoms with Crippen LogP contribution in [0.4, 0.5) is 0 Å². The lowest BCUT2D eigenvalue weighted by Crippen LogP contribution is -2.15. The molecule has 164 valence electrons. The number of aromatic nitrogens is 6. The van der Waals surface area contributed by atoms with E-state index in [9.17, 15) is 9.59 Å². The SMILES string of the molecule is Cn1ncc(C(=O)CCc2ncco2)c1C(=O)Cc1ccn2cc(-c3ccccc3)nc2n1. The topological polar surface area (TPSA) is 108 Å². The number of hydrogen-bond acceptors (Lipinski definition) is 7. The standard InChI is InChI=1S/C24H20N6O3/c1-29-23(18(14-26-29)20(31)7-8-22-25-10-12-33-22)21(32)13-17-9-11-30-15-19(28-24(30)27-17)16-5-3-2-4-6-16/h2-6,9-12,14-15H,7-8,13H2,1H3. The first kappa shape index (κ1) is 20.5. The molecular formula is C24H20N6O3. The highest BCUT2D eigenvalue weighted by molar-refractivity contribution is 6.08. The largest absolute Gasteiger partial charge is 0.449 e. The predicted octanol–water partition coefficient (Wildman–Crippen LogP) is 3.36. The number of oxazole rings is 1. The van der Waals surface area contributed by atoms with E-state index in [1.165, 1.54) is 23.3 Å². The fourth-order valence-corrected chi connectivity index (χ4v) is 3.71. The normalized spacial score (nSPS) is 11.2. The molecule has 0 saturated carbocycles. The zero-order valence-electron chi connectivity index (χ0n) is 17.9. The molecule has 0 fully saturated rings. The Morgan fingerprint density at radius 3 is 2.70 bits per heavy atom. The summed E-state index contributed by atoms with van der Waals surface area (Å²) in [5.41, 5.74) is 2.92. The van der Waals surface area contributed by atoms with E-state index in [1.807, 2.05) is 47.1 Å². The number of nitrogens with zero attached hydrogens (tertiary/aromatic N) is 6. The molecule has 1 aromatic carbocycles. The highest BCUT2D eigenvalue weighted by Gasteiger charge is 2.23. The van der Waals surface area contributed by atoms with Crippen molar-refractivity contribution in [1.82, 2.24) is 29.1 Å². The van der Waals surface area contributed by atoms with Gasteiger partial charge in [-0.2, -0.15) is 5.10 Å². The Kier molecular flexibility index (Phi) is 5.35. The van der Waals surface area contributed by atoms with Crippen LogP contribution in [-0.4, -0.2) is 40.7 Å². The number of benzene rings is 1. The van der Waals surface area contributed by atoms with Gasteiger partial charge in [-0.25, -0.2) is 15.0 Å².